The standard InChI is InChI=1S/C26H15ClN2S/c27-25-20-14-13-17(16-7-2-1-3-8-16)15-22(20)28-26(29-25)21-11-6-10-19-18-9-4-5-12-23(18)30-24(19)21/h1-15H. The van der Waals surface area contributed by atoms with Gasteiger partial charge in [-0.1, -0.05) is 78.3 Å². The number of hydrogen-bond acceptors (Lipinski definition) is 3. The summed E-state index contributed by atoms with van der Waals surface area (Å²) >= 11 is 8.36. The molecule has 0 aliphatic carbocycles. The molecule has 0 N–H and O–H groups in total. The molecule has 0 radical (unpaired) electrons. The summed E-state index contributed by atoms with van der Waals surface area (Å²) in [6.45, 7) is 0. The Kier molecular flexibility index (Phi) is 4.05. The van der Waals surface area contributed by atoms with E-state index in [0.29, 0.717) is 11.0 Å². The zero-order chi connectivity index (χ0) is 20.1. The predicted octanol–water partition coefficient (Wildman–Crippen LogP) is 7.99. The molecule has 6 aromatic rings. The molecule has 2 aromatic heterocycles. The third kappa shape index (κ3) is 2.78. The lowest BCUT2D eigenvalue weighted by Gasteiger charge is -2.08. The minimum absolute atomic E-state index is 0.479. The Balaban J connectivity index is 1.59. The summed E-state index contributed by atoms with van der Waals surface area (Å²) in [5.74, 6) is 0.662. The van der Waals surface area contributed by atoms with E-state index in [4.69, 9.17) is 16.6 Å². The Hall–Kier alpha value is -3.27. The van der Waals surface area contributed by atoms with Gasteiger partial charge in [-0.2, -0.15) is 0 Å². The Bertz CT molecular complexity index is 1550. The van der Waals surface area contributed by atoms with Crippen molar-refractivity contribution in [3.8, 4) is 22.5 Å². The number of thiophene rings is 1. The molecule has 0 saturated carbocycles. The van der Waals surface area contributed by atoms with Crippen LogP contribution in [0.15, 0.2) is 91.0 Å². The van der Waals surface area contributed by atoms with Crippen LogP contribution in [0.3, 0.4) is 0 Å². The van der Waals surface area contributed by atoms with Gasteiger partial charge in [-0.25, -0.2) is 9.97 Å². The summed E-state index contributed by atoms with van der Waals surface area (Å²) in [6.07, 6.45) is 0. The summed E-state index contributed by atoms with van der Waals surface area (Å²) in [5, 5.41) is 3.83. The van der Waals surface area contributed by atoms with Gasteiger partial charge in [-0.3, -0.25) is 0 Å². The zero-order valence-corrected chi connectivity index (χ0v) is 17.4. The van der Waals surface area contributed by atoms with Gasteiger partial charge in [-0.05, 0) is 35.4 Å². The van der Waals surface area contributed by atoms with E-state index in [9.17, 15) is 0 Å². The maximum absolute atomic E-state index is 6.59. The fraction of sp³-hybridized carbons (Fsp3) is 0. The van der Waals surface area contributed by atoms with Crippen molar-refractivity contribution in [3.05, 3.63) is 96.1 Å². The van der Waals surface area contributed by atoms with E-state index < -0.39 is 0 Å². The average Bonchev–Trinajstić information content (AvgIpc) is 3.18. The third-order valence-electron chi connectivity index (χ3n) is 5.40. The number of halogens is 1. The van der Waals surface area contributed by atoms with Gasteiger partial charge in [0.05, 0.1) is 5.52 Å². The first kappa shape index (κ1) is 17.6. The van der Waals surface area contributed by atoms with Gasteiger partial charge in [0.1, 0.15) is 5.15 Å². The van der Waals surface area contributed by atoms with Crippen molar-refractivity contribution in [2.24, 2.45) is 0 Å². The molecular formula is C26H15ClN2S. The minimum Gasteiger partial charge on any atom is -0.228 e. The van der Waals surface area contributed by atoms with Crippen LogP contribution >= 0.6 is 22.9 Å². The fourth-order valence-electron chi connectivity index (χ4n) is 3.94. The summed E-state index contributed by atoms with van der Waals surface area (Å²) in [7, 11) is 0. The van der Waals surface area contributed by atoms with Crippen LogP contribution in [0.2, 0.25) is 5.15 Å². The summed E-state index contributed by atoms with van der Waals surface area (Å²) in [5.41, 5.74) is 4.14. The van der Waals surface area contributed by atoms with Gasteiger partial charge in [0.15, 0.2) is 5.82 Å². The molecule has 2 nitrogen and oxygen atoms in total. The third-order valence-corrected chi connectivity index (χ3v) is 6.91. The Morgan fingerprint density at radius 2 is 1.43 bits per heavy atom. The second-order valence-electron chi connectivity index (χ2n) is 7.22. The summed E-state index contributed by atoms with van der Waals surface area (Å²) < 4.78 is 2.45. The second-order valence-corrected chi connectivity index (χ2v) is 8.63. The summed E-state index contributed by atoms with van der Waals surface area (Å²) in [6, 6.07) is 31.3. The molecular weight excluding hydrogens is 408 g/mol. The first-order chi connectivity index (χ1) is 14.8. The molecule has 4 heteroatoms. The SMILES string of the molecule is Clc1nc(-c2cccc3c2sc2ccccc23)nc2cc(-c3ccccc3)ccc12. The van der Waals surface area contributed by atoms with E-state index >= 15 is 0 Å². The number of nitrogens with zero attached hydrogens (tertiary/aromatic N) is 2. The number of hydrogen-bond donors (Lipinski definition) is 0. The highest BCUT2D eigenvalue weighted by atomic mass is 35.5. The van der Waals surface area contributed by atoms with Crippen LogP contribution in [0.4, 0.5) is 0 Å². The van der Waals surface area contributed by atoms with Crippen LogP contribution in [0, 0.1) is 0 Å². The normalized spacial score (nSPS) is 11.5. The van der Waals surface area contributed by atoms with E-state index in [-0.39, 0.29) is 0 Å². The Labute approximate surface area is 182 Å². The highest BCUT2D eigenvalue weighted by Gasteiger charge is 2.14. The minimum atomic E-state index is 0.479. The van der Waals surface area contributed by atoms with Crippen LogP contribution in [0.5, 0.6) is 0 Å². The lowest BCUT2D eigenvalue weighted by Crippen LogP contribution is -1.92. The molecule has 4 aromatic carbocycles. The Morgan fingerprint density at radius 1 is 0.633 bits per heavy atom. The lowest BCUT2D eigenvalue weighted by atomic mass is 10.0. The van der Waals surface area contributed by atoms with Crippen molar-refractivity contribution in [2.45, 2.75) is 0 Å². The van der Waals surface area contributed by atoms with Gasteiger partial charge >= 0.3 is 0 Å². The number of fused-ring (bicyclic) bond motifs is 4. The largest absolute Gasteiger partial charge is 0.228 e. The van der Waals surface area contributed by atoms with Gasteiger partial charge in [0.2, 0.25) is 0 Å². The molecule has 30 heavy (non-hydrogen) atoms. The molecule has 0 amide bonds. The van der Waals surface area contributed by atoms with Gasteiger partial charge in [-0.15, -0.1) is 11.3 Å². The van der Waals surface area contributed by atoms with Crippen molar-refractivity contribution in [2.75, 3.05) is 0 Å². The fourth-order valence-corrected chi connectivity index (χ4v) is 5.40. The van der Waals surface area contributed by atoms with Crippen molar-refractivity contribution >= 4 is 54.0 Å². The smallest absolute Gasteiger partial charge is 0.162 e. The molecule has 0 spiro atoms. The van der Waals surface area contributed by atoms with Crippen LogP contribution in [0.25, 0.3) is 53.6 Å². The van der Waals surface area contributed by atoms with Gasteiger partial charge in [0, 0.05) is 31.1 Å². The number of rotatable bonds is 2. The molecule has 0 aliphatic heterocycles. The number of benzene rings is 4. The first-order valence-electron chi connectivity index (χ1n) is 9.71. The molecule has 0 fully saturated rings. The topological polar surface area (TPSA) is 25.8 Å². The van der Waals surface area contributed by atoms with E-state index in [2.05, 4.69) is 71.7 Å². The molecule has 2 heterocycles. The van der Waals surface area contributed by atoms with Gasteiger partial charge < -0.3 is 0 Å². The molecule has 0 saturated heterocycles. The molecule has 0 unspecified atom stereocenters. The van der Waals surface area contributed by atoms with E-state index in [0.717, 1.165) is 27.6 Å². The summed E-state index contributed by atoms with van der Waals surface area (Å²) in [4.78, 5) is 9.58. The van der Waals surface area contributed by atoms with Crippen molar-refractivity contribution in [1.29, 1.82) is 0 Å². The molecule has 6 rings (SSSR count). The van der Waals surface area contributed by atoms with Gasteiger partial charge in [0.25, 0.3) is 0 Å². The molecule has 0 bridgehead atoms. The van der Waals surface area contributed by atoms with Crippen LogP contribution in [-0.4, -0.2) is 9.97 Å². The van der Waals surface area contributed by atoms with Crippen molar-refractivity contribution < 1.29 is 0 Å². The molecule has 142 valence electrons. The Morgan fingerprint density at radius 3 is 2.33 bits per heavy atom. The maximum Gasteiger partial charge on any atom is 0.162 e. The highest BCUT2D eigenvalue weighted by molar-refractivity contribution is 7.26. The van der Waals surface area contributed by atoms with Crippen LogP contribution in [0.1, 0.15) is 0 Å². The van der Waals surface area contributed by atoms with Crippen LogP contribution < -0.4 is 0 Å². The molecule has 0 atom stereocenters. The second kappa shape index (κ2) is 6.91. The number of aromatic nitrogens is 2. The van der Waals surface area contributed by atoms with Crippen molar-refractivity contribution in [1.82, 2.24) is 9.97 Å². The van der Waals surface area contributed by atoms with E-state index in [1.54, 1.807) is 11.3 Å². The highest BCUT2D eigenvalue weighted by Crippen LogP contribution is 2.39. The predicted molar refractivity (Wildman–Crippen MR) is 128 cm³/mol. The quantitative estimate of drug-likeness (QED) is 0.264. The van der Waals surface area contributed by atoms with E-state index in [1.165, 1.54) is 20.2 Å². The van der Waals surface area contributed by atoms with Crippen LogP contribution in [-0.2, 0) is 0 Å². The monoisotopic (exact) mass is 422 g/mol. The zero-order valence-electron chi connectivity index (χ0n) is 15.8. The van der Waals surface area contributed by atoms with E-state index in [1.807, 2.05) is 24.3 Å². The first-order valence-corrected chi connectivity index (χ1v) is 10.9. The average molecular weight is 423 g/mol. The van der Waals surface area contributed by atoms with Crippen molar-refractivity contribution in [3.63, 3.8) is 0 Å². The maximum atomic E-state index is 6.59. The lowest BCUT2D eigenvalue weighted by molar-refractivity contribution is 1.23. The molecule has 0 aliphatic rings.